The van der Waals surface area contributed by atoms with E-state index in [9.17, 15) is 19.7 Å². The summed E-state index contributed by atoms with van der Waals surface area (Å²) in [5, 5.41) is 16.1. The fourth-order valence-electron chi connectivity index (χ4n) is 4.07. The normalized spacial score (nSPS) is 12.6. The molecule has 4 rings (SSSR count). The molecule has 0 saturated heterocycles. The lowest BCUT2D eigenvalue weighted by atomic mass is 9.99. The average Bonchev–Trinajstić information content (AvgIpc) is 2.85. The Morgan fingerprint density at radius 2 is 1.74 bits per heavy atom. The number of hydrogen-bond acceptors (Lipinski definition) is 5. The van der Waals surface area contributed by atoms with Crippen LogP contribution in [0.4, 0.5) is 17.1 Å². The molecule has 0 bridgehead atoms. The molecule has 0 unspecified atom stereocenters. The van der Waals surface area contributed by atoms with Gasteiger partial charge in [-0.05, 0) is 60.2 Å². The minimum atomic E-state index is -0.937. The topological polar surface area (TPSA) is 105 Å². The van der Waals surface area contributed by atoms with Crippen molar-refractivity contribution >= 4 is 28.9 Å². The number of anilines is 2. The zero-order valence-electron chi connectivity index (χ0n) is 18.9. The molecule has 0 atom stereocenters. The van der Waals surface area contributed by atoms with Gasteiger partial charge in [-0.1, -0.05) is 42.5 Å². The van der Waals surface area contributed by atoms with Gasteiger partial charge in [0.15, 0.2) is 0 Å². The van der Waals surface area contributed by atoms with Crippen molar-refractivity contribution in [2.24, 2.45) is 0 Å². The number of amides is 2. The molecule has 0 aromatic heterocycles. The molecule has 2 amide bonds. The molecule has 0 radical (unpaired) electrons. The Labute approximate surface area is 197 Å². The Morgan fingerprint density at radius 3 is 2.47 bits per heavy atom. The van der Waals surface area contributed by atoms with Crippen molar-refractivity contribution in [1.82, 2.24) is 5.32 Å². The van der Waals surface area contributed by atoms with Gasteiger partial charge in [-0.2, -0.15) is 0 Å². The molecule has 3 aromatic carbocycles. The van der Waals surface area contributed by atoms with Crippen molar-refractivity contribution in [3.63, 3.8) is 0 Å². The molecule has 2 N–H and O–H groups in total. The van der Waals surface area contributed by atoms with Crippen LogP contribution < -0.4 is 15.5 Å². The number of hydrogen-bond donors (Lipinski definition) is 2. The first-order valence-corrected chi connectivity index (χ1v) is 11.2. The lowest BCUT2D eigenvalue weighted by Gasteiger charge is -2.30. The van der Waals surface area contributed by atoms with Crippen molar-refractivity contribution in [2.45, 2.75) is 26.3 Å². The Hall–Kier alpha value is -4.20. The number of carbonyl (C=O) groups excluding carboxylic acids is 2. The fourth-order valence-corrected chi connectivity index (χ4v) is 4.07. The number of rotatable bonds is 6. The third-order valence-corrected chi connectivity index (χ3v) is 5.94. The molecule has 8 nitrogen and oxygen atoms in total. The third-order valence-electron chi connectivity index (χ3n) is 5.94. The van der Waals surface area contributed by atoms with Gasteiger partial charge in [-0.25, -0.2) is 0 Å². The van der Waals surface area contributed by atoms with E-state index < -0.39 is 16.7 Å². The van der Waals surface area contributed by atoms with Gasteiger partial charge >= 0.3 is 11.8 Å². The third kappa shape index (κ3) is 5.40. The number of benzene rings is 3. The SMILES string of the molecule is Cc1ccc(NC(=O)C(=O)NCCc2ccc(N3CCc4ccccc4C3)cc2)c([N+](=O)[O-])c1. The predicted molar refractivity (Wildman–Crippen MR) is 131 cm³/mol. The minimum Gasteiger partial charge on any atom is -0.367 e. The highest BCUT2D eigenvalue weighted by atomic mass is 16.6. The maximum atomic E-state index is 12.2. The number of carbonyl (C=O) groups is 2. The van der Waals surface area contributed by atoms with E-state index in [-0.39, 0.29) is 17.9 Å². The van der Waals surface area contributed by atoms with Crippen LogP contribution in [0.2, 0.25) is 0 Å². The van der Waals surface area contributed by atoms with Crippen molar-refractivity contribution in [2.75, 3.05) is 23.3 Å². The second kappa shape index (κ2) is 10.2. The first-order valence-electron chi connectivity index (χ1n) is 11.2. The summed E-state index contributed by atoms with van der Waals surface area (Å²) in [6, 6.07) is 21.1. The van der Waals surface area contributed by atoms with Crippen LogP contribution in [0.1, 0.15) is 22.3 Å². The quantitative estimate of drug-likeness (QED) is 0.332. The number of fused-ring (bicyclic) bond motifs is 1. The fraction of sp³-hybridized carbons (Fsp3) is 0.231. The zero-order valence-corrected chi connectivity index (χ0v) is 18.9. The molecule has 3 aromatic rings. The summed E-state index contributed by atoms with van der Waals surface area (Å²) in [6.07, 6.45) is 1.59. The Morgan fingerprint density at radius 1 is 1.00 bits per heavy atom. The Kier molecular flexibility index (Phi) is 6.87. The minimum absolute atomic E-state index is 0.00771. The number of nitro groups is 1. The summed E-state index contributed by atoms with van der Waals surface area (Å²) in [5.74, 6) is -1.77. The number of nitro benzene ring substituents is 1. The highest BCUT2D eigenvalue weighted by molar-refractivity contribution is 6.39. The Balaban J connectivity index is 1.27. The molecule has 0 saturated carbocycles. The standard InChI is InChI=1S/C26H26N4O4/c1-18-6-11-23(24(16-18)30(33)34)28-26(32)25(31)27-14-12-19-7-9-22(10-8-19)29-15-13-20-4-2-3-5-21(20)17-29/h2-11,16H,12-15,17H2,1H3,(H,27,31)(H,28,32). The van der Waals surface area contributed by atoms with Crippen molar-refractivity contribution in [3.8, 4) is 0 Å². The highest BCUT2D eigenvalue weighted by Crippen LogP contribution is 2.26. The maximum absolute atomic E-state index is 12.2. The van der Waals surface area contributed by atoms with E-state index in [4.69, 9.17) is 0 Å². The molecule has 174 valence electrons. The van der Waals surface area contributed by atoms with E-state index in [1.54, 1.807) is 13.0 Å². The lowest BCUT2D eigenvalue weighted by Crippen LogP contribution is -2.36. The van der Waals surface area contributed by atoms with Crippen molar-refractivity contribution in [1.29, 1.82) is 0 Å². The van der Waals surface area contributed by atoms with Crippen LogP contribution in [0.5, 0.6) is 0 Å². The monoisotopic (exact) mass is 458 g/mol. The Bertz CT molecular complexity index is 1220. The molecule has 0 spiro atoms. The first kappa shape index (κ1) is 23.0. The van der Waals surface area contributed by atoms with E-state index >= 15 is 0 Å². The molecule has 1 heterocycles. The van der Waals surface area contributed by atoms with Gasteiger partial charge in [0, 0.05) is 31.4 Å². The van der Waals surface area contributed by atoms with Crippen LogP contribution in [-0.4, -0.2) is 29.8 Å². The second-order valence-corrected chi connectivity index (χ2v) is 8.34. The molecule has 0 aliphatic carbocycles. The highest BCUT2D eigenvalue weighted by Gasteiger charge is 2.20. The molecule has 1 aliphatic heterocycles. The van der Waals surface area contributed by atoms with Crippen LogP contribution >= 0.6 is 0 Å². The van der Waals surface area contributed by atoms with Gasteiger partial charge < -0.3 is 15.5 Å². The number of nitrogens with zero attached hydrogens (tertiary/aromatic N) is 2. The maximum Gasteiger partial charge on any atom is 0.313 e. The summed E-state index contributed by atoms with van der Waals surface area (Å²) in [6.45, 7) is 3.85. The lowest BCUT2D eigenvalue weighted by molar-refractivity contribution is -0.384. The van der Waals surface area contributed by atoms with E-state index in [2.05, 4.69) is 51.9 Å². The summed E-state index contributed by atoms with van der Waals surface area (Å²) in [5.41, 5.74) is 5.38. The van der Waals surface area contributed by atoms with E-state index in [0.717, 1.165) is 30.8 Å². The largest absolute Gasteiger partial charge is 0.367 e. The summed E-state index contributed by atoms with van der Waals surface area (Å²) in [4.78, 5) is 37.3. The molecular formula is C26H26N4O4. The van der Waals surface area contributed by atoms with Crippen LogP contribution in [0.15, 0.2) is 66.7 Å². The van der Waals surface area contributed by atoms with Crippen molar-refractivity contribution in [3.05, 3.63) is 99.1 Å². The van der Waals surface area contributed by atoms with Crippen molar-refractivity contribution < 1.29 is 14.5 Å². The number of aryl methyl sites for hydroxylation is 1. The molecule has 8 heteroatoms. The van der Waals surface area contributed by atoms with Crippen LogP contribution in [0, 0.1) is 17.0 Å². The first-order chi connectivity index (χ1) is 16.4. The van der Waals surface area contributed by atoms with Gasteiger partial charge in [0.2, 0.25) is 0 Å². The van der Waals surface area contributed by atoms with Gasteiger partial charge in [-0.15, -0.1) is 0 Å². The molecule has 1 aliphatic rings. The summed E-state index contributed by atoms with van der Waals surface area (Å²) in [7, 11) is 0. The van der Waals surface area contributed by atoms with Gasteiger partial charge in [0.1, 0.15) is 5.69 Å². The van der Waals surface area contributed by atoms with Crippen LogP contribution in [0.3, 0.4) is 0 Å². The molecular weight excluding hydrogens is 432 g/mol. The van der Waals surface area contributed by atoms with Gasteiger partial charge in [0.25, 0.3) is 5.69 Å². The summed E-state index contributed by atoms with van der Waals surface area (Å²) >= 11 is 0. The van der Waals surface area contributed by atoms with Crippen LogP contribution in [-0.2, 0) is 29.0 Å². The van der Waals surface area contributed by atoms with E-state index in [1.807, 2.05) is 12.1 Å². The van der Waals surface area contributed by atoms with Crippen LogP contribution in [0.25, 0.3) is 0 Å². The van der Waals surface area contributed by atoms with Gasteiger partial charge in [-0.3, -0.25) is 19.7 Å². The van der Waals surface area contributed by atoms with E-state index in [0.29, 0.717) is 12.0 Å². The molecule has 0 fully saturated rings. The predicted octanol–water partition coefficient (Wildman–Crippen LogP) is 3.76. The van der Waals surface area contributed by atoms with Gasteiger partial charge in [0.05, 0.1) is 4.92 Å². The smallest absolute Gasteiger partial charge is 0.313 e. The summed E-state index contributed by atoms with van der Waals surface area (Å²) < 4.78 is 0. The molecule has 34 heavy (non-hydrogen) atoms. The second-order valence-electron chi connectivity index (χ2n) is 8.34. The average molecular weight is 459 g/mol. The zero-order chi connectivity index (χ0) is 24.1. The van der Waals surface area contributed by atoms with E-state index in [1.165, 1.54) is 23.3 Å². The number of nitrogens with one attached hydrogen (secondary N) is 2.